The summed E-state index contributed by atoms with van der Waals surface area (Å²) in [7, 11) is 5.39. The molecule has 0 bridgehead atoms. The summed E-state index contributed by atoms with van der Waals surface area (Å²) in [5.74, 6) is -1.72. The van der Waals surface area contributed by atoms with E-state index in [4.69, 9.17) is 28.9 Å². The molecule has 0 unspecified atom stereocenters. The zero-order chi connectivity index (χ0) is 59.0. The molecule has 86 heavy (non-hydrogen) atoms. The molecule has 0 radical (unpaired) electrons. The number of rotatable bonds is 20. The Hall–Kier alpha value is -8.35. The van der Waals surface area contributed by atoms with Crippen LogP contribution < -0.4 is 0 Å². The topological polar surface area (TPSA) is 215 Å². The molecule has 0 aliphatic heterocycles. The molecule has 2 aromatic carbocycles. The Morgan fingerprint density at radius 1 is 0.395 bits per heavy atom. The van der Waals surface area contributed by atoms with E-state index >= 15 is 0 Å². The van der Waals surface area contributed by atoms with Crippen LogP contribution in [0.25, 0.3) is 42.3 Å². The number of benzene rings is 2. The third-order valence-corrected chi connectivity index (χ3v) is 15.1. The number of thiazole rings is 2. The number of nitrogens with zero attached hydrogens (tertiary/aromatic N) is 10. The number of esters is 4. The molecule has 0 saturated heterocycles. The number of pyridine rings is 6. The summed E-state index contributed by atoms with van der Waals surface area (Å²) in [6.07, 6.45) is 10.1. The molecular formula is C64H58N10O8S2Zn2+2. The van der Waals surface area contributed by atoms with Crippen molar-refractivity contribution in [3.8, 4) is 42.3 Å². The molecule has 8 heterocycles. The summed E-state index contributed by atoms with van der Waals surface area (Å²) in [6, 6.07) is 41.8. The van der Waals surface area contributed by atoms with Crippen LogP contribution in [0.15, 0.2) is 171 Å². The maximum absolute atomic E-state index is 12.1. The normalized spacial score (nSPS) is 10.7. The third-order valence-electron chi connectivity index (χ3n) is 13.0. The summed E-state index contributed by atoms with van der Waals surface area (Å²) < 4.78 is 19.5. The summed E-state index contributed by atoms with van der Waals surface area (Å²) in [4.78, 5) is 91.8. The van der Waals surface area contributed by atoms with Crippen LogP contribution >= 0.6 is 22.7 Å². The number of aromatic nitrogens is 8. The number of carbonyl (C=O) groups excluding carboxylic acids is 4. The maximum atomic E-state index is 12.1. The molecular weight excluding hydrogens is 1230 g/mol. The van der Waals surface area contributed by atoms with Crippen LogP contribution in [-0.4, -0.2) is 102 Å². The van der Waals surface area contributed by atoms with Gasteiger partial charge >= 0.3 is 43.4 Å². The van der Waals surface area contributed by atoms with Gasteiger partial charge in [-0.3, -0.25) is 29.7 Å². The van der Waals surface area contributed by atoms with E-state index in [0.29, 0.717) is 84.3 Å². The van der Waals surface area contributed by atoms with Crippen molar-refractivity contribution < 1.29 is 77.1 Å². The summed E-state index contributed by atoms with van der Waals surface area (Å²) in [5.41, 5.74) is 12.3. The molecule has 0 amide bonds. The van der Waals surface area contributed by atoms with Gasteiger partial charge in [-0.25, -0.2) is 39.1 Å². The molecule has 0 aliphatic rings. The predicted octanol–water partition coefficient (Wildman–Crippen LogP) is 11.5. The van der Waals surface area contributed by atoms with Crippen LogP contribution in [0.5, 0.6) is 0 Å². The van der Waals surface area contributed by atoms with Crippen molar-refractivity contribution in [1.29, 1.82) is 0 Å². The second-order valence-corrected chi connectivity index (χ2v) is 21.3. The van der Waals surface area contributed by atoms with Gasteiger partial charge in [-0.1, -0.05) is 71.8 Å². The number of hydrogen-bond acceptors (Lipinski definition) is 20. The summed E-state index contributed by atoms with van der Waals surface area (Å²) in [5, 5.41) is 1.66. The van der Waals surface area contributed by atoms with E-state index in [1.807, 2.05) is 48.8 Å². The average Bonchev–Trinajstić information content (AvgIpc) is 4.43. The van der Waals surface area contributed by atoms with E-state index in [2.05, 4.69) is 102 Å². The van der Waals surface area contributed by atoms with Gasteiger partial charge in [0.2, 0.25) is 0 Å². The zero-order valence-electron chi connectivity index (χ0n) is 48.4. The smallest absolute Gasteiger partial charge is 0.465 e. The first-order valence-electron chi connectivity index (χ1n) is 26.4. The fourth-order valence-electron chi connectivity index (χ4n) is 8.81. The van der Waals surface area contributed by atoms with E-state index in [-0.39, 0.29) is 39.0 Å². The fraction of sp³-hybridized carbons (Fsp3) is 0.188. The Morgan fingerprint density at radius 2 is 0.686 bits per heavy atom. The van der Waals surface area contributed by atoms with Gasteiger partial charge in [0, 0.05) is 95.9 Å². The Bertz CT molecular complexity index is 3550. The first-order valence-corrected chi connectivity index (χ1v) is 28.0. The van der Waals surface area contributed by atoms with E-state index < -0.39 is 23.9 Å². The number of hydrogen-bond donors (Lipinski definition) is 0. The largest absolute Gasteiger partial charge is 2.00 e. The Balaban J connectivity index is 0.000000240. The van der Waals surface area contributed by atoms with Gasteiger partial charge in [-0.15, -0.1) is 22.7 Å². The molecule has 22 heteroatoms. The van der Waals surface area contributed by atoms with Crippen molar-refractivity contribution in [1.82, 2.24) is 49.7 Å². The first-order chi connectivity index (χ1) is 40.8. The Kier molecular flexibility index (Phi) is 24.0. The first kappa shape index (κ1) is 65.2. The van der Waals surface area contributed by atoms with Crippen LogP contribution in [0.2, 0.25) is 0 Å². The molecule has 10 aromatic rings. The molecule has 0 aliphatic carbocycles. The SMILES string of the molecule is COC(=O)c1ccnc(CN(Cc2cc(C(=O)OC)ccn2)Cc2cccc(-c3ncc(-c4ccc(C)cc4)s3)n2)c1.COC(=O)c1ccnc(CN(Cc2cc(C(=O)OC)ccn2)Cc2cccc(-c3ncc(-c4ccc(C)cc4)s3)n2)c1.[Zn+2].[Zn]. The van der Waals surface area contributed by atoms with E-state index in [0.717, 1.165) is 53.7 Å². The van der Waals surface area contributed by atoms with Crippen LogP contribution in [-0.2, 0) is 97.2 Å². The van der Waals surface area contributed by atoms with Gasteiger partial charge in [0.1, 0.15) is 10.0 Å². The van der Waals surface area contributed by atoms with Gasteiger partial charge in [0.25, 0.3) is 0 Å². The minimum Gasteiger partial charge on any atom is -0.465 e. The number of methoxy groups -OCH3 is 4. The molecule has 0 saturated carbocycles. The van der Waals surface area contributed by atoms with Gasteiger partial charge in [0.15, 0.2) is 0 Å². The minimum atomic E-state index is -0.430. The average molecular weight is 1290 g/mol. The van der Waals surface area contributed by atoms with Crippen molar-refractivity contribution in [3.05, 3.63) is 238 Å². The van der Waals surface area contributed by atoms with Crippen LogP contribution in [0.4, 0.5) is 0 Å². The molecule has 426 valence electrons. The second kappa shape index (κ2) is 31.7. The maximum Gasteiger partial charge on any atom is 2.00 e. The number of carbonyl (C=O) groups is 4. The molecule has 0 fully saturated rings. The fourth-order valence-corrected chi connectivity index (χ4v) is 10.6. The van der Waals surface area contributed by atoms with Crippen LogP contribution in [0.1, 0.15) is 86.7 Å². The molecule has 0 atom stereocenters. The molecule has 0 spiro atoms. The summed E-state index contributed by atoms with van der Waals surface area (Å²) >= 11 is 3.19. The van der Waals surface area contributed by atoms with E-state index in [9.17, 15) is 19.2 Å². The van der Waals surface area contributed by atoms with Crippen LogP contribution in [0.3, 0.4) is 0 Å². The Morgan fingerprint density at radius 3 is 0.977 bits per heavy atom. The molecule has 10 rings (SSSR count). The molecule has 8 aromatic heterocycles. The Labute approximate surface area is 531 Å². The van der Waals surface area contributed by atoms with Crippen LogP contribution in [0, 0.1) is 13.8 Å². The van der Waals surface area contributed by atoms with Crippen molar-refractivity contribution in [2.24, 2.45) is 0 Å². The van der Waals surface area contributed by atoms with E-state index in [1.54, 1.807) is 96.0 Å². The predicted molar refractivity (Wildman–Crippen MR) is 319 cm³/mol. The number of ether oxygens (including phenoxy) is 4. The van der Waals surface area contributed by atoms with Gasteiger partial charge in [-0.2, -0.15) is 0 Å². The van der Waals surface area contributed by atoms with Gasteiger partial charge < -0.3 is 18.9 Å². The molecule has 0 N–H and O–H groups in total. The monoisotopic (exact) mass is 1290 g/mol. The number of aryl methyl sites for hydroxylation is 2. The molecule has 18 nitrogen and oxygen atoms in total. The quantitative estimate of drug-likeness (QED) is 0.0394. The van der Waals surface area contributed by atoms with Gasteiger partial charge in [0.05, 0.1) is 106 Å². The van der Waals surface area contributed by atoms with Crippen molar-refractivity contribution in [2.45, 2.75) is 53.1 Å². The standard InChI is InChI=1S/2C32H29N5O4S.2Zn/c2*1-21-7-9-22(10-8-21)29-17-35-30(42-29)28-6-4-5-25(36-28)18-37(19-26-15-23(11-13-33-26)31(38)40-2)20-27-16-24(12-14-34-27)32(39)41-3;;/h2*4-17H,18-20H2,1-3H3;;/q;;;+2. The van der Waals surface area contributed by atoms with Gasteiger partial charge in [-0.05, 0) is 97.8 Å². The van der Waals surface area contributed by atoms with Crippen molar-refractivity contribution in [2.75, 3.05) is 28.4 Å². The summed E-state index contributed by atoms with van der Waals surface area (Å²) in [6.45, 7) is 6.64. The third kappa shape index (κ3) is 17.9. The zero-order valence-corrected chi connectivity index (χ0v) is 55.9. The second-order valence-electron chi connectivity index (χ2n) is 19.2. The van der Waals surface area contributed by atoms with Crippen molar-refractivity contribution >= 4 is 46.6 Å². The van der Waals surface area contributed by atoms with E-state index in [1.165, 1.54) is 39.6 Å². The minimum absolute atomic E-state index is 0. The van der Waals surface area contributed by atoms with Crippen molar-refractivity contribution in [3.63, 3.8) is 0 Å².